The maximum absolute atomic E-state index is 11.0. The van der Waals surface area contributed by atoms with Gasteiger partial charge in [-0.15, -0.1) is 0 Å². The van der Waals surface area contributed by atoms with Gasteiger partial charge in [0.2, 0.25) is 5.76 Å². The fourth-order valence-electron chi connectivity index (χ4n) is 0.702. The molecule has 0 unspecified atom stereocenters. The van der Waals surface area contributed by atoms with E-state index in [1.807, 2.05) is 13.8 Å². The number of methoxy groups -OCH3 is 1. The number of hydrogen-bond acceptors (Lipinski definition) is 4. The summed E-state index contributed by atoms with van der Waals surface area (Å²) in [6, 6.07) is 0. The van der Waals surface area contributed by atoms with Crippen molar-refractivity contribution < 1.29 is 19.1 Å². The first-order valence-electron chi connectivity index (χ1n) is 3.96. The standard InChI is InChI=1S/C9H14O4/c1-6(2)5-8(9(11)12-4)13-7(3)10/h5-6H,1-4H3/b8-5-. The normalized spacial score (nSPS) is 11.3. The molecular weight excluding hydrogens is 172 g/mol. The van der Waals surface area contributed by atoms with E-state index in [2.05, 4.69) is 9.47 Å². The molecule has 0 aliphatic carbocycles. The molecule has 0 heterocycles. The molecule has 0 atom stereocenters. The van der Waals surface area contributed by atoms with Crippen LogP contribution >= 0.6 is 0 Å². The summed E-state index contributed by atoms with van der Waals surface area (Å²) < 4.78 is 9.09. The Hall–Kier alpha value is -1.32. The molecular formula is C9H14O4. The van der Waals surface area contributed by atoms with Gasteiger partial charge < -0.3 is 9.47 Å². The van der Waals surface area contributed by atoms with E-state index in [0.717, 1.165) is 0 Å². The average molecular weight is 186 g/mol. The van der Waals surface area contributed by atoms with Crippen LogP contribution in [0, 0.1) is 5.92 Å². The number of carbonyl (C=O) groups is 2. The van der Waals surface area contributed by atoms with Crippen LogP contribution in [0.15, 0.2) is 11.8 Å². The van der Waals surface area contributed by atoms with Crippen molar-refractivity contribution in [3.8, 4) is 0 Å². The molecule has 0 aliphatic heterocycles. The van der Waals surface area contributed by atoms with Crippen LogP contribution in [0.1, 0.15) is 20.8 Å². The second-order valence-corrected chi connectivity index (χ2v) is 2.86. The molecule has 0 aromatic rings. The van der Waals surface area contributed by atoms with E-state index in [4.69, 9.17) is 0 Å². The fraction of sp³-hybridized carbons (Fsp3) is 0.556. The Kier molecular flexibility index (Phi) is 4.80. The van der Waals surface area contributed by atoms with Crippen molar-refractivity contribution in [1.29, 1.82) is 0 Å². The second kappa shape index (κ2) is 5.35. The minimum Gasteiger partial charge on any atom is -0.463 e. The minimum atomic E-state index is -0.635. The van der Waals surface area contributed by atoms with Crippen LogP contribution in [0.2, 0.25) is 0 Å². The van der Waals surface area contributed by atoms with E-state index < -0.39 is 11.9 Å². The highest BCUT2D eigenvalue weighted by molar-refractivity contribution is 5.89. The summed E-state index contributed by atoms with van der Waals surface area (Å²) in [5, 5.41) is 0. The predicted octanol–water partition coefficient (Wildman–Crippen LogP) is 1.26. The second-order valence-electron chi connectivity index (χ2n) is 2.86. The van der Waals surface area contributed by atoms with Crippen LogP contribution in [-0.4, -0.2) is 19.0 Å². The molecule has 0 N–H and O–H groups in total. The molecule has 0 aromatic carbocycles. The maximum Gasteiger partial charge on any atom is 0.373 e. The smallest absolute Gasteiger partial charge is 0.373 e. The predicted molar refractivity (Wildman–Crippen MR) is 46.7 cm³/mol. The molecule has 4 nitrogen and oxygen atoms in total. The quantitative estimate of drug-likeness (QED) is 0.378. The van der Waals surface area contributed by atoms with Gasteiger partial charge in [0.15, 0.2) is 0 Å². The summed E-state index contributed by atoms with van der Waals surface area (Å²) in [6.45, 7) is 4.97. The lowest BCUT2D eigenvalue weighted by molar-refractivity contribution is -0.148. The zero-order valence-corrected chi connectivity index (χ0v) is 8.29. The number of carbonyl (C=O) groups excluding carboxylic acids is 2. The third-order valence-corrected chi connectivity index (χ3v) is 1.12. The van der Waals surface area contributed by atoms with E-state index >= 15 is 0 Å². The van der Waals surface area contributed by atoms with Gasteiger partial charge in [0.05, 0.1) is 7.11 Å². The topological polar surface area (TPSA) is 52.6 Å². The number of allylic oxidation sites excluding steroid dienone is 1. The molecule has 74 valence electrons. The van der Waals surface area contributed by atoms with Crippen molar-refractivity contribution in [1.82, 2.24) is 0 Å². The van der Waals surface area contributed by atoms with Crippen LogP contribution < -0.4 is 0 Å². The van der Waals surface area contributed by atoms with E-state index in [-0.39, 0.29) is 11.7 Å². The van der Waals surface area contributed by atoms with Crippen molar-refractivity contribution in [3.05, 3.63) is 11.8 Å². The Morgan fingerprint density at radius 1 is 1.31 bits per heavy atom. The van der Waals surface area contributed by atoms with Crippen LogP contribution in [0.25, 0.3) is 0 Å². The molecule has 4 heteroatoms. The Morgan fingerprint density at radius 3 is 2.15 bits per heavy atom. The van der Waals surface area contributed by atoms with Crippen LogP contribution in [0.4, 0.5) is 0 Å². The molecule has 13 heavy (non-hydrogen) atoms. The van der Waals surface area contributed by atoms with Crippen LogP contribution in [-0.2, 0) is 19.1 Å². The fourth-order valence-corrected chi connectivity index (χ4v) is 0.702. The lowest BCUT2D eigenvalue weighted by atomic mass is 10.2. The molecule has 0 aromatic heterocycles. The zero-order chi connectivity index (χ0) is 10.4. The van der Waals surface area contributed by atoms with E-state index in [1.165, 1.54) is 20.1 Å². The first-order valence-corrected chi connectivity index (χ1v) is 3.96. The van der Waals surface area contributed by atoms with Gasteiger partial charge in [-0.1, -0.05) is 13.8 Å². The number of rotatable bonds is 3. The molecule has 0 rings (SSSR count). The van der Waals surface area contributed by atoms with Gasteiger partial charge in [-0.05, 0) is 12.0 Å². The molecule has 0 bridgehead atoms. The highest BCUT2D eigenvalue weighted by Gasteiger charge is 2.13. The van der Waals surface area contributed by atoms with Crippen molar-refractivity contribution >= 4 is 11.9 Å². The van der Waals surface area contributed by atoms with Gasteiger partial charge in [0.1, 0.15) is 0 Å². The van der Waals surface area contributed by atoms with E-state index in [9.17, 15) is 9.59 Å². The van der Waals surface area contributed by atoms with Gasteiger partial charge in [-0.3, -0.25) is 4.79 Å². The molecule has 0 radical (unpaired) electrons. The van der Waals surface area contributed by atoms with Crippen molar-refractivity contribution in [2.75, 3.05) is 7.11 Å². The minimum absolute atomic E-state index is 0.0509. The highest BCUT2D eigenvalue weighted by atomic mass is 16.6. The van der Waals surface area contributed by atoms with Crippen molar-refractivity contribution in [3.63, 3.8) is 0 Å². The number of ether oxygens (including phenoxy) is 2. The van der Waals surface area contributed by atoms with Gasteiger partial charge in [0, 0.05) is 6.92 Å². The third kappa shape index (κ3) is 5.00. The Bertz CT molecular complexity index is 228. The van der Waals surface area contributed by atoms with Gasteiger partial charge in [-0.25, -0.2) is 4.79 Å². The average Bonchev–Trinajstić information content (AvgIpc) is 2.00. The summed E-state index contributed by atoms with van der Waals surface area (Å²) in [5.74, 6) is -1.10. The Morgan fingerprint density at radius 2 is 1.85 bits per heavy atom. The number of hydrogen-bond donors (Lipinski definition) is 0. The molecule has 0 saturated carbocycles. The lowest BCUT2D eigenvalue weighted by Crippen LogP contribution is -2.12. The van der Waals surface area contributed by atoms with E-state index in [1.54, 1.807) is 0 Å². The van der Waals surface area contributed by atoms with Gasteiger partial charge in [0.25, 0.3) is 0 Å². The highest BCUT2D eigenvalue weighted by Crippen LogP contribution is 2.06. The Labute approximate surface area is 77.5 Å². The molecule has 0 aliphatic rings. The number of esters is 2. The summed E-state index contributed by atoms with van der Waals surface area (Å²) >= 11 is 0. The van der Waals surface area contributed by atoms with Crippen molar-refractivity contribution in [2.24, 2.45) is 5.92 Å². The first-order chi connectivity index (χ1) is 5.97. The first kappa shape index (κ1) is 11.7. The molecule has 0 saturated heterocycles. The van der Waals surface area contributed by atoms with Gasteiger partial charge in [-0.2, -0.15) is 0 Å². The SMILES string of the molecule is COC(=O)/C(=C/C(C)C)OC(C)=O. The largest absolute Gasteiger partial charge is 0.463 e. The van der Waals surface area contributed by atoms with Crippen molar-refractivity contribution in [2.45, 2.75) is 20.8 Å². The summed E-state index contributed by atoms with van der Waals surface area (Å²) in [4.78, 5) is 21.6. The van der Waals surface area contributed by atoms with Crippen LogP contribution in [0.3, 0.4) is 0 Å². The lowest BCUT2D eigenvalue weighted by Gasteiger charge is -2.05. The Balaban J connectivity index is 4.55. The third-order valence-electron chi connectivity index (χ3n) is 1.12. The van der Waals surface area contributed by atoms with Crippen LogP contribution in [0.5, 0.6) is 0 Å². The molecule has 0 fully saturated rings. The summed E-state index contributed by atoms with van der Waals surface area (Å²) in [6.07, 6.45) is 1.53. The molecule has 0 amide bonds. The summed E-state index contributed by atoms with van der Waals surface area (Å²) in [7, 11) is 1.24. The van der Waals surface area contributed by atoms with Gasteiger partial charge >= 0.3 is 11.9 Å². The monoisotopic (exact) mass is 186 g/mol. The molecule has 0 spiro atoms. The maximum atomic E-state index is 11.0. The van der Waals surface area contributed by atoms with E-state index in [0.29, 0.717) is 0 Å². The zero-order valence-electron chi connectivity index (χ0n) is 8.29. The summed E-state index contributed by atoms with van der Waals surface area (Å²) in [5.41, 5.74) is 0.